The number of ether oxygens (including phenoxy) is 1. The molecule has 0 saturated carbocycles. The lowest BCUT2D eigenvalue weighted by atomic mass is 10.0. The van der Waals surface area contributed by atoms with Gasteiger partial charge in [-0.25, -0.2) is 0 Å². The Morgan fingerprint density at radius 2 is 1.76 bits per heavy atom. The molecule has 29 heavy (non-hydrogen) atoms. The number of aliphatic carboxylic acids is 1. The summed E-state index contributed by atoms with van der Waals surface area (Å²) in [4.78, 5) is 50.0. The number of nitrogens with one attached hydrogen (secondary N) is 2. The summed E-state index contributed by atoms with van der Waals surface area (Å²) in [7, 11) is 1.55. The normalized spacial score (nSPS) is 18.3. The summed E-state index contributed by atoms with van der Waals surface area (Å²) >= 11 is 0. The van der Waals surface area contributed by atoms with Crippen LogP contribution in [0.3, 0.4) is 0 Å². The minimum Gasteiger partial charge on any atom is -0.497 e. The fourth-order valence-corrected chi connectivity index (χ4v) is 3.07. The van der Waals surface area contributed by atoms with Gasteiger partial charge in [0, 0.05) is 18.7 Å². The first-order chi connectivity index (χ1) is 13.6. The number of nitrogens with zero attached hydrogens (tertiary/aromatic N) is 1. The number of carbonyl (C=O) groups is 4. The minimum atomic E-state index is -1.16. The van der Waals surface area contributed by atoms with Crippen molar-refractivity contribution >= 4 is 29.4 Å². The highest BCUT2D eigenvalue weighted by Crippen LogP contribution is 2.27. The molecule has 2 rings (SSSR count). The van der Waals surface area contributed by atoms with Crippen LogP contribution in [-0.2, 0) is 19.2 Å². The molecule has 0 aliphatic carbocycles. The summed E-state index contributed by atoms with van der Waals surface area (Å²) in [5, 5.41) is 14.0. The highest BCUT2D eigenvalue weighted by atomic mass is 16.5. The zero-order valence-corrected chi connectivity index (χ0v) is 17.0. The number of hydrogen-bond donors (Lipinski definition) is 3. The molecule has 1 heterocycles. The van der Waals surface area contributed by atoms with Gasteiger partial charge >= 0.3 is 5.97 Å². The Bertz CT molecular complexity index is 777. The zero-order valence-electron chi connectivity index (χ0n) is 17.0. The molecule has 1 unspecified atom stereocenters. The number of benzene rings is 1. The van der Waals surface area contributed by atoms with Crippen LogP contribution in [0.5, 0.6) is 5.75 Å². The van der Waals surface area contributed by atoms with Gasteiger partial charge in [0.2, 0.25) is 17.7 Å². The van der Waals surface area contributed by atoms with Crippen molar-refractivity contribution in [3.63, 3.8) is 0 Å². The Kier molecular flexibility index (Phi) is 7.19. The first-order valence-electron chi connectivity index (χ1n) is 9.42. The van der Waals surface area contributed by atoms with E-state index < -0.39 is 35.8 Å². The Morgan fingerprint density at radius 3 is 2.28 bits per heavy atom. The lowest BCUT2D eigenvalue weighted by molar-refractivity contribution is -0.142. The number of hydrogen-bond acceptors (Lipinski definition) is 5. The van der Waals surface area contributed by atoms with E-state index in [1.54, 1.807) is 45.2 Å². The molecule has 1 aliphatic rings. The molecule has 9 heteroatoms. The quantitative estimate of drug-likeness (QED) is 0.587. The Hall–Kier alpha value is -3.10. The van der Waals surface area contributed by atoms with Crippen LogP contribution in [0, 0.1) is 11.8 Å². The molecule has 3 N–H and O–H groups in total. The van der Waals surface area contributed by atoms with E-state index in [1.807, 2.05) is 0 Å². The van der Waals surface area contributed by atoms with Crippen LogP contribution in [0.15, 0.2) is 24.3 Å². The van der Waals surface area contributed by atoms with Gasteiger partial charge in [0.15, 0.2) is 0 Å². The van der Waals surface area contributed by atoms with E-state index >= 15 is 0 Å². The van der Waals surface area contributed by atoms with Crippen molar-refractivity contribution in [2.75, 3.05) is 18.6 Å². The number of methoxy groups -OCH3 is 1. The van der Waals surface area contributed by atoms with Crippen molar-refractivity contribution in [2.45, 2.75) is 39.3 Å². The van der Waals surface area contributed by atoms with Gasteiger partial charge in [-0.1, -0.05) is 13.8 Å². The summed E-state index contributed by atoms with van der Waals surface area (Å²) in [5.74, 6) is -2.52. The van der Waals surface area contributed by atoms with Gasteiger partial charge in [-0.05, 0) is 37.1 Å². The van der Waals surface area contributed by atoms with Crippen molar-refractivity contribution in [3.05, 3.63) is 24.3 Å². The molecule has 3 atom stereocenters. The largest absolute Gasteiger partial charge is 0.497 e. The van der Waals surface area contributed by atoms with E-state index in [4.69, 9.17) is 9.84 Å². The number of carbonyl (C=O) groups excluding carboxylic acids is 3. The van der Waals surface area contributed by atoms with Gasteiger partial charge in [0.1, 0.15) is 17.8 Å². The zero-order chi connectivity index (χ0) is 21.7. The Balaban J connectivity index is 2.03. The molecule has 0 aromatic heterocycles. The molecule has 9 nitrogen and oxygen atoms in total. The summed E-state index contributed by atoms with van der Waals surface area (Å²) in [6.07, 6.45) is 0.0375. The van der Waals surface area contributed by atoms with E-state index in [0.717, 1.165) is 0 Å². The third-order valence-electron chi connectivity index (χ3n) is 4.86. The third kappa shape index (κ3) is 5.46. The predicted molar refractivity (Wildman–Crippen MR) is 105 cm³/mol. The van der Waals surface area contributed by atoms with Crippen molar-refractivity contribution < 1.29 is 29.0 Å². The molecular formula is C20H27N3O6. The van der Waals surface area contributed by atoms with Crippen molar-refractivity contribution in [3.8, 4) is 5.75 Å². The molecule has 1 fully saturated rings. The van der Waals surface area contributed by atoms with E-state index in [1.165, 1.54) is 11.8 Å². The number of anilines is 1. The lowest BCUT2D eigenvalue weighted by Gasteiger charge is -2.24. The van der Waals surface area contributed by atoms with Crippen LogP contribution < -0.4 is 20.3 Å². The highest BCUT2D eigenvalue weighted by molar-refractivity contribution is 6.01. The van der Waals surface area contributed by atoms with Gasteiger partial charge in [0.25, 0.3) is 0 Å². The van der Waals surface area contributed by atoms with Crippen molar-refractivity contribution in [2.24, 2.45) is 11.8 Å². The minimum absolute atomic E-state index is 0.0375. The maximum absolute atomic E-state index is 12.7. The van der Waals surface area contributed by atoms with Crippen LogP contribution in [0.4, 0.5) is 5.69 Å². The van der Waals surface area contributed by atoms with Crippen LogP contribution >= 0.6 is 0 Å². The maximum Gasteiger partial charge on any atom is 0.325 e. The fraction of sp³-hybridized carbons (Fsp3) is 0.500. The van der Waals surface area contributed by atoms with E-state index in [-0.39, 0.29) is 24.8 Å². The summed E-state index contributed by atoms with van der Waals surface area (Å²) in [6, 6.07) is 5.00. The number of carboxylic acids is 1. The van der Waals surface area contributed by atoms with E-state index in [2.05, 4.69) is 10.6 Å². The number of rotatable bonds is 8. The maximum atomic E-state index is 12.7. The van der Waals surface area contributed by atoms with Crippen molar-refractivity contribution in [1.29, 1.82) is 0 Å². The molecule has 3 amide bonds. The Labute approximate surface area is 169 Å². The second-order valence-corrected chi connectivity index (χ2v) is 7.40. The molecule has 0 bridgehead atoms. The molecule has 158 valence electrons. The second kappa shape index (κ2) is 9.40. The molecular weight excluding hydrogens is 378 g/mol. The molecule has 1 aromatic rings. The molecule has 1 saturated heterocycles. The smallest absolute Gasteiger partial charge is 0.325 e. The number of carboxylic acid groups (broad SMARTS) is 1. The van der Waals surface area contributed by atoms with Gasteiger partial charge in [-0.2, -0.15) is 0 Å². The summed E-state index contributed by atoms with van der Waals surface area (Å²) < 4.78 is 5.11. The van der Waals surface area contributed by atoms with E-state index in [0.29, 0.717) is 11.4 Å². The summed E-state index contributed by atoms with van der Waals surface area (Å²) in [5.41, 5.74) is 0.666. The SMILES string of the molecule is COc1ccc(N2CC(C(=O)N[C@H](C(=O)N[C@@H](C)C(=O)O)C(C)C)CC2=O)cc1. The van der Waals surface area contributed by atoms with Gasteiger partial charge in [-0.3, -0.25) is 19.2 Å². The number of amides is 3. The van der Waals surface area contributed by atoms with Gasteiger partial charge in [0.05, 0.1) is 13.0 Å². The fourth-order valence-electron chi connectivity index (χ4n) is 3.07. The van der Waals surface area contributed by atoms with Crippen LogP contribution in [0.1, 0.15) is 27.2 Å². The lowest BCUT2D eigenvalue weighted by Crippen LogP contribution is -2.54. The Morgan fingerprint density at radius 1 is 1.14 bits per heavy atom. The average Bonchev–Trinajstić information content (AvgIpc) is 3.07. The first-order valence-corrected chi connectivity index (χ1v) is 9.42. The molecule has 1 aromatic carbocycles. The standard InChI is InChI=1S/C20H27N3O6/c1-11(2)17(19(26)21-12(3)20(27)28)22-18(25)13-9-16(24)23(10-13)14-5-7-15(29-4)8-6-14/h5-8,11-13,17H,9-10H2,1-4H3,(H,21,26)(H,22,25)(H,27,28)/t12-,13?,17-/m0/s1. The van der Waals surface area contributed by atoms with Crippen LogP contribution in [0.25, 0.3) is 0 Å². The monoisotopic (exact) mass is 405 g/mol. The van der Waals surface area contributed by atoms with Gasteiger partial charge in [-0.15, -0.1) is 0 Å². The first kappa shape index (κ1) is 22.2. The topological polar surface area (TPSA) is 125 Å². The molecule has 1 aliphatic heterocycles. The summed E-state index contributed by atoms with van der Waals surface area (Å²) in [6.45, 7) is 5.05. The molecule has 0 spiro atoms. The van der Waals surface area contributed by atoms with Crippen molar-refractivity contribution in [1.82, 2.24) is 10.6 Å². The third-order valence-corrected chi connectivity index (χ3v) is 4.86. The van der Waals surface area contributed by atoms with Crippen LogP contribution in [-0.4, -0.2) is 54.5 Å². The second-order valence-electron chi connectivity index (χ2n) is 7.40. The highest BCUT2D eigenvalue weighted by Gasteiger charge is 2.37. The molecule has 0 radical (unpaired) electrons. The van der Waals surface area contributed by atoms with Crippen LogP contribution in [0.2, 0.25) is 0 Å². The van der Waals surface area contributed by atoms with E-state index in [9.17, 15) is 19.2 Å². The average molecular weight is 405 g/mol. The van der Waals surface area contributed by atoms with Gasteiger partial charge < -0.3 is 25.4 Å². The predicted octanol–water partition coefficient (Wildman–Crippen LogP) is 0.778.